The lowest BCUT2D eigenvalue weighted by atomic mass is 9.73. The Balaban J connectivity index is 2.09. The van der Waals surface area contributed by atoms with Crippen LogP contribution < -0.4 is 0 Å². The van der Waals surface area contributed by atoms with Gasteiger partial charge in [-0.05, 0) is 24.7 Å². The van der Waals surface area contributed by atoms with Crippen molar-refractivity contribution in [3.05, 3.63) is 35.9 Å². The first kappa shape index (κ1) is 15.1. The SMILES string of the molecule is CC(C)C1CCC(=O)C(CC(F)(F)c2ccccc2)C1. The van der Waals surface area contributed by atoms with Gasteiger partial charge in [-0.2, -0.15) is 0 Å². The summed E-state index contributed by atoms with van der Waals surface area (Å²) < 4.78 is 28.6. The quantitative estimate of drug-likeness (QED) is 0.773. The summed E-state index contributed by atoms with van der Waals surface area (Å²) in [6.07, 6.45) is 1.57. The Labute approximate surface area is 119 Å². The molecule has 0 aromatic heterocycles. The van der Waals surface area contributed by atoms with Gasteiger partial charge in [0.2, 0.25) is 0 Å². The summed E-state index contributed by atoms with van der Waals surface area (Å²) in [5, 5.41) is 0. The zero-order valence-electron chi connectivity index (χ0n) is 12.1. The topological polar surface area (TPSA) is 17.1 Å². The number of alkyl halides is 2. The van der Waals surface area contributed by atoms with E-state index in [1.165, 1.54) is 12.1 Å². The number of hydrogen-bond acceptors (Lipinski definition) is 1. The molecule has 2 unspecified atom stereocenters. The average Bonchev–Trinajstić information content (AvgIpc) is 2.42. The summed E-state index contributed by atoms with van der Waals surface area (Å²) in [5.74, 6) is -2.55. The van der Waals surface area contributed by atoms with Gasteiger partial charge >= 0.3 is 0 Å². The lowest BCUT2D eigenvalue weighted by Gasteiger charge is -2.32. The molecule has 0 heterocycles. The Morgan fingerprint density at radius 3 is 2.50 bits per heavy atom. The van der Waals surface area contributed by atoms with Crippen LogP contribution in [0.1, 0.15) is 45.1 Å². The zero-order chi connectivity index (χ0) is 14.8. The van der Waals surface area contributed by atoms with Crippen LogP contribution in [-0.2, 0) is 10.7 Å². The van der Waals surface area contributed by atoms with Crippen LogP contribution in [0.3, 0.4) is 0 Å². The van der Waals surface area contributed by atoms with Gasteiger partial charge in [-0.15, -0.1) is 0 Å². The molecular formula is C17H22F2O. The van der Waals surface area contributed by atoms with Gasteiger partial charge in [0.25, 0.3) is 5.92 Å². The maximum atomic E-state index is 14.3. The van der Waals surface area contributed by atoms with Crippen LogP contribution in [0, 0.1) is 17.8 Å². The number of halogens is 2. The molecule has 1 aromatic carbocycles. The predicted octanol–water partition coefficient (Wildman–Crippen LogP) is 4.81. The third-order valence-electron chi connectivity index (χ3n) is 4.45. The van der Waals surface area contributed by atoms with E-state index in [0.29, 0.717) is 24.7 Å². The van der Waals surface area contributed by atoms with Crippen LogP contribution in [0.2, 0.25) is 0 Å². The van der Waals surface area contributed by atoms with Gasteiger partial charge in [0.05, 0.1) is 0 Å². The molecule has 0 bridgehead atoms. The number of Topliss-reactive ketones (excluding diaryl/α,β-unsaturated/α-hetero) is 1. The van der Waals surface area contributed by atoms with Crippen LogP contribution in [0.5, 0.6) is 0 Å². The fourth-order valence-electron chi connectivity index (χ4n) is 3.06. The van der Waals surface area contributed by atoms with Crippen molar-refractivity contribution in [2.75, 3.05) is 0 Å². The first-order valence-electron chi connectivity index (χ1n) is 7.36. The Morgan fingerprint density at radius 2 is 1.90 bits per heavy atom. The van der Waals surface area contributed by atoms with E-state index in [1.54, 1.807) is 18.2 Å². The van der Waals surface area contributed by atoms with E-state index in [2.05, 4.69) is 13.8 Å². The van der Waals surface area contributed by atoms with E-state index in [0.717, 1.165) is 6.42 Å². The highest BCUT2D eigenvalue weighted by atomic mass is 19.3. The highest BCUT2D eigenvalue weighted by Crippen LogP contribution is 2.41. The number of carbonyl (C=O) groups is 1. The number of carbonyl (C=O) groups excluding carboxylic acids is 1. The van der Waals surface area contributed by atoms with E-state index in [9.17, 15) is 13.6 Å². The van der Waals surface area contributed by atoms with Crippen LogP contribution in [0.4, 0.5) is 8.78 Å². The second-order valence-corrected chi connectivity index (χ2v) is 6.22. The monoisotopic (exact) mass is 280 g/mol. The average molecular weight is 280 g/mol. The Morgan fingerprint density at radius 1 is 1.25 bits per heavy atom. The number of benzene rings is 1. The summed E-state index contributed by atoms with van der Waals surface area (Å²) in [6.45, 7) is 4.21. The lowest BCUT2D eigenvalue weighted by Crippen LogP contribution is -2.31. The zero-order valence-corrected chi connectivity index (χ0v) is 12.1. The maximum absolute atomic E-state index is 14.3. The smallest absolute Gasteiger partial charge is 0.273 e. The van der Waals surface area contributed by atoms with Crippen LogP contribution >= 0.6 is 0 Å². The molecular weight excluding hydrogens is 258 g/mol. The molecule has 1 aromatic rings. The van der Waals surface area contributed by atoms with Gasteiger partial charge in [0.1, 0.15) is 5.78 Å². The molecule has 2 rings (SSSR count). The first-order chi connectivity index (χ1) is 9.40. The van der Waals surface area contributed by atoms with Gasteiger partial charge in [0.15, 0.2) is 0 Å². The molecule has 3 heteroatoms. The second-order valence-electron chi connectivity index (χ2n) is 6.22. The highest BCUT2D eigenvalue weighted by Gasteiger charge is 2.40. The van der Waals surface area contributed by atoms with Crippen molar-refractivity contribution < 1.29 is 13.6 Å². The minimum Gasteiger partial charge on any atom is -0.299 e. The van der Waals surface area contributed by atoms with Crippen molar-refractivity contribution in [2.24, 2.45) is 17.8 Å². The van der Waals surface area contributed by atoms with Crippen molar-refractivity contribution in [3.8, 4) is 0 Å². The summed E-state index contributed by atoms with van der Waals surface area (Å²) in [4.78, 5) is 11.9. The van der Waals surface area contributed by atoms with Crippen LogP contribution in [-0.4, -0.2) is 5.78 Å². The summed E-state index contributed by atoms with van der Waals surface area (Å²) >= 11 is 0. The van der Waals surface area contributed by atoms with E-state index in [-0.39, 0.29) is 17.8 Å². The molecule has 110 valence electrons. The Kier molecular flexibility index (Phi) is 4.56. The van der Waals surface area contributed by atoms with E-state index >= 15 is 0 Å². The second kappa shape index (κ2) is 6.02. The van der Waals surface area contributed by atoms with Crippen LogP contribution in [0.25, 0.3) is 0 Å². The highest BCUT2D eigenvalue weighted by molar-refractivity contribution is 5.81. The van der Waals surface area contributed by atoms with E-state index in [1.807, 2.05) is 0 Å². The third kappa shape index (κ3) is 3.44. The molecule has 0 amide bonds. The standard InChI is InChI=1S/C17H22F2O/c1-12(2)13-8-9-16(20)14(10-13)11-17(18,19)15-6-4-3-5-7-15/h3-7,12-14H,8-11H2,1-2H3. The van der Waals surface area contributed by atoms with Crippen molar-refractivity contribution in [1.82, 2.24) is 0 Å². The van der Waals surface area contributed by atoms with Gasteiger partial charge in [-0.25, -0.2) is 8.78 Å². The molecule has 1 aliphatic rings. The fourth-order valence-corrected chi connectivity index (χ4v) is 3.06. The fraction of sp³-hybridized carbons (Fsp3) is 0.588. The predicted molar refractivity (Wildman–Crippen MR) is 75.6 cm³/mol. The van der Waals surface area contributed by atoms with Crippen molar-refractivity contribution in [1.29, 1.82) is 0 Å². The normalized spacial score (nSPS) is 24.1. The Hall–Kier alpha value is -1.25. The summed E-state index contributed by atoms with van der Waals surface area (Å²) in [5.41, 5.74) is 0.0134. The largest absolute Gasteiger partial charge is 0.299 e. The Bertz CT molecular complexity index is 453. The molecule has 0 aliphatic heterocycles. The third-order valence-corrected chi connectivity index (χ3v) is 4.45. The molecule has 1 nitrogen and oxygen atoms in total. The number of hydrogen-bond donors (Lipinski definition) is 0. The van der Waals surface area contributed by atoms with Gasteiger partial charge in [-0.3, -0.25) is 4.79 Å². The van der Waals surface area contributed by atoms with Crippen molar-refractivity contribution in [3.63, 3.8) is 0 Å². The van der Waals surface area contributed by atoms with Gasteiger partial charge < -0.3 is 0 Å². The number of ketones is 1. The number of rotatable bonds is 4. The molecule has 0 saturated heterocycles. The molecule has 20 heavy (non-hydrogen) atoms. The molecule has 1 aliphatic carbocycles. The van der Waals surface area contributed by atoms with Crippen LogP contribution in [0.15, 0.2) is 30.3 Å². The van der Waals surface area contributed by atoms with Gasteiger partial charge in [0, 0.05) is 24.3 Å². The first-order valence-corrected chi connectivity index (χ1v) is 7.36. The van der Waals surface area contributed by atoms with E-state index in [4.69, 9.17) is 0 Å². The summed E-state index contributed by atoms with van der Waals surface area (Å²) in [7, 11) is 0. The molecule has 2 atom stereocenters. The molecule has 0 spiro atoms. The molecule has 1 fully saturated rings. The molecule has 0 N–H and O–H groups in total. The minimum atomic E-state index is -2.92. The lowest BCUT2D eigenvalue weighted by molar-refractivity contribution is -0.130. The maximum Gasteiger partial charge on any atom is 0.273 e. The molecule has 1 saturated carbocycles. The van der Waals surface area contributed by atoms with Gasteiger partial charge in [-0.1, -0.05) is 44.2 Å². The van der Waals surface area contributed by atoms with E-state index < -0.39 is 11.8 Å². The summed E-state index contributed by atoms with van der Waals surface area (Å²) in [6, 6.07) is 7.83. The van der Waals surface area contributed by atoms with Crippen molar-refractivity contribution >= 4 is 5.78 Å². The van der Waals surface area contributed by atoms with Crippen molar-refractivity contribution in [2.45, 2.75) is 45.5 Å². The molecule has 0 radical (unpaired) electrons. The minimum absolute atomic E-state index is 0.0116.